The first-order chi connectivity index (χ1) is 17.6. The first kappa shape index (κ1) is 23.8. The summed E-state index contributed by atoms with van der Waals surface area (Å²) in [4.78, 5) is 17.2. The fourth-order valence-electron chi connectivity index (χ4n) is 3.58. The van der Waals surface area contributed by atoms with Crippen LogP contribution in [0, 0.1) is 0 Å². The van der Waals surface area contributed by atoms with Gasteiger partial charge >= 0.3 is 0 Å². The molecule has 0 bridgehead atoms. The maximum Gasteiger partial charge on any atom is 0.236 e. The lowest BCUT2D eigenvalue weighted by Gasteiger charge is -2.17. The van der Waals surface area contributed by atoms with Crippen molar-refractivity contribution in [3.8, 4) is 17.2 Å². The number of aromatic nitrogens is 4. The van der Waals surface area contributed by atoms with Crippen molar-refractivity contribution in [2.45, 2.75) is 18.2 Å². The molecule has 2 heterocycles. The van der Waals surface area contributed by atoms with Crippen molar-refractivity contribution in [1.29, 1.82) is 0 Å². The van der Waals surface area contributed by atoms with Gasteiger partial charge in [0.2, 0.25) is 5.91 Å². The molecule has 0 spiro atoms. The van der Waals surface area contributed by atoms with E-state index in [0.717, 1.165) is 21.7 Å². The summed E-state index contributed by atoms with van der Waals surface area (Å²) < 4.78 is 14.3. The van der Waals surface area contributed by atoms with Crippen LogP contribution in [0.1, 0.15) is 18.9 Å². The first-order valence-corrected chi connectivity index (χ1v) is 13.0. The summed E-state index contributed by atoms with van der Waals surface area (Å²) in [6.07, 6.45) is -0.392. The Morgan fingerprint density at radius 2 is 1.72 bits per heavy atom. The summed E-state index contributed by atoms with van der Waals surface area (Å²) in [5.41, 5.74) is 1.75. The molecule has 0 saturated carbocycles. The number of rotatable bonds is 9. The van der Waals surface area contributed by atoms with E-state index in [1.807, 2.05) is 90.4 Å². The van der Waals surface area contributed by atoms with Gasteiger partial charge in [-0.2, -0.15) is 0 Å². The lowest BCUT2D eigenvalue weighted by atomic mass is 10.3. The molecule has 2 aromatic heterocycles. The number of para-hydroxylation sites is 2. The molecular weight excluding hydrogens is 494 g/mol. The van der Waals surface area contributed by atoms with Crippen LogP contribution in [0.2, 0.25) is 0 Å². The average molecular weight is 518 g/mol. The molecule has 182 valence electrons. The van der Waals surface area contributed by atoms with Crippen LogP contribution >= 0.6 is 23.1 Å². The van der Waals surface area contributed by atoms with Crippen molar-refractivity contribution in [3.05, 3.63) is 84.7 Å². The van der Waals surface area contributed by atoms with E-state index in [1.165, 1.54) is 23.1 Å². The van der Waals surface area contributed by atoms with Crippen LogP contribution in [0.5, 0.6) is 11.5 Å². The van der Waals surface area contributed by atoms with Crippen LogP contribution in [0.3, 0.4) is 0 Å². The van der Waals surface area contributed by atoms with Gasteiger partial charge in [0.15, 0.2) is 22.2 Å². The summed E-state index contributed by atoms with van der Waals surface area (Å²) in [6, 6.07) is 25.0. The van der Waals surface area contributed by atoms with Crippen LogP contribution in [-0.4, -0.2) is 38.5 Å². The van der Waals surface area contributed by atoms with E-state index in [0.29, 0.717) is 21.9 Å². The third-order valence-corrected chi connectivity index (χ3v) is 7.16. The number of fused-ring (bicyclic) bond motifs is 1. The van der Waals surface area contributed by atoms with Crippen LogP contribution in [0.4, 0.5) is 5.13 Å². The Hall–Kier alpha value is -3.89. The Kier molecular flexibility index (Phi) is 7.15. The zero-order valence-corrected chi connectivity index (χ0v) is 21.3. The number of thiazole rings is 1. The number of carbonyl (C=O) groups excluding carboxylic acids is 1. The van der Waals surface area contributed by atoms with Crippen LogP contribution in [0.15, 0.2) is 84.0 Å². The van der Waals surface area contributed by atoms with E-state index in [2.05, 4.69) is 20.5 Å². The van der Waals surface area contributed by atoms with Crippen LogP contribution in [-0.2, 0) is 4.79 Å². The normalized spacial score (nSPS) is 11.8. The number of amides is 1. The lowest BCUT2D eigenvalue weighted by molar-refractivity contribution is -0.113. The molecule has 5 rings (SSSR count). The number of hydrogen-bond acceptors (Lipinski definition) is 8. The molecule has 1 amide bonds. The number of benzene rings is 3. The largest absolute Gasteiger partial charge is 0.497 e. The highest BCUT2D eigenvalue weighted by Crippen LogP contribution is 2.29. The number of ether oxygens (including phenoxy) is 2. The second kappa shape index (κ2) is 10.8. The second-order valence-corrected chi connectivity index (χ2v) is 9.74. The maximum atomic E-state index is 12.7. The minimum Gasteiger partial charge on any atom is -0.497 e. The van der Waals surface area contributed by atoms with E-state index < -0.39 is 6.10 Å². The Morgan fingerprint density at radius 1 is 1.00 bits per heavy atom. The Labute approximate surface area is 216 Å². The minimum absolute atomic E-state index is 0.161. The number of methoxy groups -OCH3 is 1. The zero-order valence-electron chi connectivity index (χ0n) is 19.6. The van der Waals surface area contributed by atoms with Gasteiger partial charge in [0, 0.05) is 5.69 Å². The molecule has 3 aromatic carbocycles. The smallest absolute Gasteiger partial charge is 0.236 e. The lowest BCUT2D eigenvalue weighted by Crippen LogP contribution is -2.15. The SMILES string of the molecule is COc1ccc(OC(C)c2nnc(SCC(=O)Nc3nc4ccccc4s3)n2-c2ccccc2)cc1. The molecule has 0 fully saturated rings. The van der Waals surface area contributed by atoms with Crippen molar-refractivity contribution >= 4 is 44.4 Å². The molecule has 36 heavy (non-hydrogen) atoms. The summed E-state index contributed by atoms with van der Waals surface area (Å²) in [5, 5.41) is 12.9. The predicted octanol–water partition coefficient (Wildman–Crippen LogP) is 5.76. The number of thioether (sulfide) groups is 1. The average Bonchev–Trinajstić information content (AvgIpc) is 3.52. The molecular formula is C26H23N5O3S2. The molecule has 0 radical (unpaired) electrons. The number of nitrogens with zero attached hydrogens (tertiary/aromatic N) is 4. The van der Waals surface area contributed by atoms with Gasteiger partial charge in [-0.05, 0) is 55.5 Å². The fourth-order valence-corrected chi connectivity index (χ4v) is 5.22. The highest BCUT2D eigenvalue weighted by atomic mass is 32.2. The van der Waals surface area contributed by atoms with Gasteiger partial charge in [-0.15, -0.1) is 10.2 Å². The molecule has 5 aromatic rings. The molecule has 10 heteroatoms. The van der Waals surface area contributed by atoms with E-state index in [-0.39, 0.29) is 11.7 Å². The molecule has 0 saturated heterocycles. The second-order valence-electron chi connectivity index (χ2n) is 7.77. The van der Waals surface area contributed by atoms with Gasteiger partial charge in [0.1, 0.15) is 11.5 Å². The molecule has 1 unspecified atom stereocenters. The fraction of sp³-hybridized carbons (Fsp3) is 0.154. The molecule has 1 N–H and O–H groups in total. The van der Waals surface area contributed by atoms with Crippen LogP contribution < -0.4 is 14.8 Å². The van der Waals surface area contributed by atoms with E-state index in [4.69, 9.17) is 9.47 Å². The molecule has 1 atom stereocenters. The first-order valence-electron chi connectivity index (χ1n) is 11.2. The monoisotopic (exact) mass is 517 g/mol. The van der Waals surface area contributed by atoms with Crippen molar-refractivity contribution in [3.63, 3.8) is 0 Å². The Balaban J connectivity index is 1.33. The Bertz CT molecular complexity index is 1440. The molecule has 0 aliphatic carbocycles. The number of nitrogens with one attached hydrogen (secondary N) is 1. The van der Waals surface area contributed by atoms with E-state index in [9.17, 15) is 4.79 Å². The third-order valence-electron chi connectivity index (χ3n) is 5.28. The topological polar surface area (TPSA) is 91.2 Å². The maximum absolute atomic E-state index is 12.7. The van der Waals surface area contributed by atoms with Crippen molar-refractivity contribution in [2.75, 3.05) is 18.2 Å². The summed E-state index contributed by atoms with van der Waals surface area (Å²) >= 11 is 2.76. The number of anilines is 1. The standard InChI is InChI=1S/C26H23N5O3S2/c1-17(34-20-14-12-19(33-2)13-15-20)24-29-30-26(31(24)18-8-4-3-5-9-18)35-16-23(32)28-25-27-21-10-6-7-11-22(21)36-25/h3-15,17H,16H2,1-2H3,(H,27,28,32). The van der Waals surface area contributed by atoms with E-state index >= 15 is 0 Å². The summed E-state index contributed by atoms with van der Waals surface area (Å²) in [6.45, 7) is 1.92. The number of carbonyl (C=O) groups is 1. The molecule has 0 aliphatic rings. The van der Waals surface area contributed by atoms with Gasteiger partial charge in [0.05, 0.1) is 23.1 Å². The van der Waals surface area contributed by atoms with E-state index in [1.54, 1.807) is 7.11 Å². The van der Waals surface area contributed by atoms with Gasteiger partial charge in [-0.1, -0.05) is 53.4 Å². The molecule has 0 aliphatic heterocycles. The minimum atomic E-state index is -0.392. The quantitative estimate of drug-likeness (QED) is 0.249. The van der Waals surface area contributed by atoms with Crippen LogP contribution in [0.25, 0.3) is 15.9 Å². The van der Waals surface area contributed by atoms with Crippen molar-refractivity contribution in [1.82, 2.24) is 19.7 Å². The van der Waals surface area contributed by atoms with Crippen molar-refractivity contribution in [2.24, 2.45) is 0 Å². The van der Waals surface area contributed by atoms with Crippen molar-refractivity contribution < 1.29 is 14.3 Å². The highest BCUT2D eigenvalue weighted by molar-refractivity contribution is 7.99. The molecule has 8 nitrogen and oxygen atoms in total. The third kappa shape index (κ3) is 5.34. The Morgan fingerprint density at radius 3 is 2.47 bits per heavy atom. The van der Waals surface area contributed by atoms with Gasteiger partial charge in [0.25, 0.3) is 0 Å². The highest BCUT2D eigenvalue weighted by Gasteiger charge is 2.22. The van der Waals surface area contributed by atoms with Gasteiger partial charge < -0.3 is 14.8 Å². The zero-order chi connectivity index (χ0) is 24.9. The number of hydrogen-bond donors (Lipinski definition) is 1. The predicted molar refractivity (Wildman–Crippen MR) is 142 cm³/mol. The summed E-state index contributed by atoms with van der Waals surface area (Å²) in [7, 11) is 1.62. The van der Waals surface area contributed by atoms with Gasteiger partial charge in [-0.25, -0.2) is 4.98 Å². The van der Waals surface area contributed by atoms with Gasteiger partial charge in [-0.3, -0.25) is 9.36 Å². The summed E-state index contributed by atoms with van der Waals surface area (Å²) in [5.74, 6) is 2.08.